The highest BCUT2D eigenvalue weighted by Crippen LogP contribution is 2.10. The molecular weight excluding hydrogens is 238 g/mol. The molecular formula is C16H29NO2. The van der Waals surface area contributed by atoms with Crippen LogP contribution in [-0.2, 0) is 17.9 Å². The molecule has 0 aliphatic carbocycles. The molecule has 110 valence electrons. The van der Waals surface area contributed by atoms with E-state index in [9.17, 15) is 0 Å². The fourth-order valence-corrected chi connectivity index (χ4v) is 2.02. The van der Waals surface area contributed by atoms with Crippen molar-refractivity contribution >= 4 is 0 Å². The topological polar surface area (TPSA) is 34.4 Å². The first-order valence-corrected chi connectivity index (χ1v) is 7.71. The van der Waals surface area contributed by atoms with Crippen LogP contribution in [0.4, 0.5) is 0 Å². The first kappa shape index (κ1) is 16.3. The summed E-state index contributed by atoms with van der Waals surface area (Å²) in [7, 11) is 0. The lowest BCUT2D eigenvalue weighted by atomic mass is 10.1. The Kier molecular flexibility index (Phi) is 9.46. The lowest BCUT2D eigenvalue weighted by Gasteiger charge is -2.02. The normalized spacial score (nSPS) is 11.1. The van der Waals surface area contributed by atoms with Crippen LogP contribution in [0, 0.1) is 0 Å². The molecule has 1 aromatic rings. The number of unbranched alkanes of at least 4 members (excludes halogenated alkanes) is 5. The lowest BCUT2D eigenvalue weighted by Crippen LogP contribution is -2.10. The average Bonchev–Trinajstić information content (AvgIpc) is 2.87. The second-order valence-corrected chi connectivity index (χ2v) is 5.02. The molecule has 0 aliphatic rings. The number of ether oxygens (including phenoxy) is 1. The van der Waals surface area contributed by atoms with Gasteiger partial charge in [0, 0.05) is 18.7 Å². The van der Waals surface area contributed by atoms with Gasteiger partial charge in [-0.1, -0.05) is 46.0 Å². The zero-order valence-corrected chi connectivity index (χ0v) is 12.5. The Morgan fingerprint density at radius 3 is 2.68 bits per heavy atom. The van der Waals surface area contributed by atoms with Gasteiger partial charge in [0.15, 0.2) is 0 Å². The van der Waals surface area contributed by atoms with E-state index in [0.29, 0.717) is 6.61 Å². The molecule has 0 aromatic carbocycles. The van der Waals surface area contributed by atoms with Crippen LogP contribution < -0.4 is 5.32 Å². The third kappa shape index (κ3) is 8.06. The highest BCUT2D eigenvalue weighted by molar-refractivity contribution is 5.11. The molecule has 0 bridgehead atoms. The molecule has 0 spiro atoms. The van der Waals surface area contributed by atoms with Crippen LogP contribution in [0.25, 0.3) is 0 Å². The first-order chi connectivity index (χ1) is 9.36. The second-order valence-electron chi connectivity index (χ2n) is 5.02. The van der Waals surface area contributed by atoms with Crippen molar-refractivity contribution in [3.8, 4) is 0 Å². The van der Waals surface area contributed by atoms with E-state index in [2.05, 4.69) is 25.2 Å². The van der Waals surface area contributed by atoms with Gasteiger partial charge in [0.1, 0.15) is 12.4 Å². The zero-order valence-electron chi connectivity index (χ0n) is 12.5. The minimum Gasteiger partial charge on any atom is -0.467 e. The third-order valence-electron chi connectivity index (χ3n) is 3.17. The zero-order chi connectivity index (χ0) is 13.8. The Balaban J connectivity index is 1.98. The van der Waals surface area contributed by atoms with E-state index < -0.39 is 0 Å². The van der Waals surface area contributed by atoms with E-state index in [-0.39, 0.29) is 0 Å². The summed E-state index contributed by atoms with van der Waals surface area (Å²) >= 11 is 0. The molecule has 0 atom stereocenters. The van der Waals surface area contributed by atoms with Gasteiger partial charge in [-0.3, -0.25) is 0 Å². The summed E-state index contributed by atoms with van der Waals surface area (Å²) in [5.74, 6) is 0.930. The highest BCUT2D eigenvalue weighted by Gasteiger charge is 2.01. The molecule has 0 saturated heterocycles. The summed E-state index contributed by atoms with van der Waals surface area (Å²) in [6.45, 7) is 7.64. The van der Waals surface area contributed by atoms with Gasteiger partial charge in [-0.2, -0.15) is 0 Å². The van der Waals surface area contributed by atoms with Gasteiger partial charge in [0.2, 0.25) is 0 Å². The van der Waals surface area contributed by atoms with Gasteiger partial charge in [0.25, 0.3) is 0 Å². The van der Waals surface area contributed by atoms with Gasteiger partial charge in [-0.05, 0) is 19.0 Å². The quantitative estimate of drug-likeness (QED) is 0.574. The van der Waals surface area contributed by atoms with Gasteiger partial charge >= 0.3 is 0 Å². The summed E-state index contributed by atoms with van der Waals surface area (Å²) in [6, 6.07) is 2.07. The predicted molar refractivity (Wildman–Crippen MR) is 79.1 cm³/mol. The predicted octanol–water partition coefficient (Wildman–Crippen LogP) is 4.27. The van der Waals surface area contributed by atoms with Crippen LogP contribution in [0.1, 0.15) is 63.7 Å². The second kappa shape index (κ2) is 11.1. The van der Waals surface area contributed by atoms with E-state index in [4.69, 9.17) is 9.15 Å². The van der Waals surface area contributed by atoms with E-state index in [1.807, 2.05) is 6.26 Å². The molecule has 0 saturated carbocycles. The summed E-state index contributed by atoms with van der Waals surface area (Å²) < 4.78 is 11.1. The number of furan rings is 1. The van der Waals surface area contributed by atoms with Crippen LogP contribution in [0.3, 0.4) is 0 Å². The van der Waals surface area contributed by atoms with Crippen molar-refractivity contribution in [1.82, 2.24) is 5.32 Å². The molecule has 19 heavy (non-hydrogen) atoms. The van der Waals surface area contributed by atoms with Crippen LogP contribution in [0.2, 0.25) is 0 Å². The molecule has 1 rings (SSSR count). The summed E-state index contributed by atoms with van der Waals surface area (Å²) in [5, 5.41) is 3.28. The molecule has 1 heterocycles. The summed E-state index contributed by atoms with van der Waals surface area (Å²) in [6.07, 6.45) is 9.63. The minimum atomic E-state index is 0.598. The molecule has 0 amide bonds. The molecule has 0 fully saturated rings. The first-order valence-electron chi connectivity index (χ1n) is 7.71. The Morgan fingerprint density at radius 2 is 1.89 bits per heavy atom. The average molecular weight is 267 g/mol. The van der Waals surface area contributed by atoms with Crippen LogP contribution in [-0.4, -0.2) is 13.2 Å². The van der Waals surface area contributed by atoms with Crippen molar-refractivity contribution in [3.05, 3.63) is 23.7 Å². The third-order valence-corrected chi connectivity index (χ3v) is 3.17. The highest BCUT2D eigenvalue weighted by atomic mass is 16.5. The van der Waals surface area contributed by atoms with Crippen LogP contribution in [0.5, 0.6) is 0 Å². The van der Waals surface area contributed by atoms with Gasteiger partial charge in [-0.15, -0.1) is 0 Å². The Bertz CT molecular complexity index is 309. The van der Waals surface area contributed by atoms with E-state index in [1.165, 1.54) is 37.7 Å². The molecule has 3 nitrogen and oxygen atoms in total. The van der Waals surface area contributed by atoms with Crippen LogP contribution in [0.15, 0.2) is 16.7 Å². The standard InChI is InChI=1S/C16H29NO2/c1-3-5-6-7-8-9-10-18-14-16-11-15(13-19-16)12-17-4-2/h11,13,17H,3-10,12,14H2,1-2H3. The Hall–Kier alpha value is -0.800. The maximum absolute atomic E-state index is 5.63. The maximum atomic E-state index is 5.63. The monoisotopic (exact) mass is 267 g/mol. The van der Waals surface area contributed by atoms with Gasteiger partial charge in [0.05, 0.1) is 6.26 Å². The summed E-state index contributed by atoms with van der Waals surface area (Å²) in [5.41, 5.74) is 1.19. The minimum absolute atomic E-state index is 0.598. The lowest BCUT2D eigenvalue weighted by molar-refractivity contribution is 0.102. The smallest absolute Gasteiger partial charge is 0.129 e. The number of rotatable bonds is 12. The molecule has 0 unspecified atom stereocenters. The SMILES string of the molecule is CCCCCCCCOCc1cc(CNCC)co1. The molecule has 3 heteroatoms. The van der Waals surface area contributed by atoms with Crippen LogP contribution >= 0.6 is 0 Å². The van der Waals surface area contributed by atoms with E-state index in [0.717, 1.165) is 31.9 Å². The van der Waals surface area contributed by atoms with Crippen molar-refractivity contribution < 1.29 is 9.15 Å². The Labute approximate surface area is 117 Å². The molecule has 0 aliphatic heterocycles. The number of hydrogen-bond acceptors (Lipinski definition) is 3. The fraction of sp³-hybridized carbons (Fsp3) is 0.750. The van der Waals surface area contributed by atoms with Crippen molar-refractivity contribution in [1.29, 1.82) is 0 Å². The Morgan fingerprint density at radius 1 is 1.11 bits per heavy atom. The van der Waals surface area contributed by atoms with E-state index in [1.54, 1.807) is 0 Å². The molecule has 0 radical (unpaired) electrons. The fourth-order valence-electron chi connectivity index (χ4n) is 2.02. The van der Waals surface area contributed by atoms with Crippen molar-refractivity contribution in [3.63, 3.8) is 0 Å². The maximum Gasteiger partial charge on any atom is 0.129 e. The number of hydrogen-bond donors (Lipinski definition) is 1. The van der Waals surface area contributed by atoms with Crippen molar-refractivity contribution in [2.24, 2.45) is 0 Å². The largest absolute Gasteiger partial charge is 0.467 e. The number of nitrogens with one attached hydrogen (secondary N) is 1. The van der Waals surface area contributed by atoms with Gasteiger partial charge < -0.3 is 14.5 Å². The van der Waals surface area contributed by atoms with E-state index >= 15 is 0 Å². The summed E-state index contributed by atoms with van der Waals surface area (Å²) in [4.78, 5) is 0. The molecule has 1 N–H and O–H groups in total. The van der Waals surface area contributed by atoms with Crippen molar-refractivity contribution in [2.45, 2.75) is 65.5 Å². The molecule has 1 aromatic heterocycles. The van der Waals surface area contributed by atoms with Gasteiger partial charge in [-0.25, -0.2) is 0 Å². The van der Waals surface area contributed by atoms with Crippen molar-refractivity contribution in [2.75, 3.05) is 13.2 Å².